The van der Waals surface area contributed by atoms with Gasteiger partial charge in [-0.05, 0) is 29.3 Å². The number of carbonyl (C=O) groups excluding carboxylic acids is 1. The standard InChI is InChI=1S/C18H8BrNO/c19-11-5-7-13-14-6-4-10(9-20)12-2-1-3-15(17(12)14)18(21)16(13)8-11/h1-8H. The molecule has 0 spiro atoms. The van der Waals surface area contributed by atoms with E-state index in [1.807, 2.05) is 48.5 Å². The van der Waals surface area contributed by atoms with E-state index in [0.29, 0.717) is 16.7 Å². The number of ketones is 1. The second-order valence-electron chi connectivity index (χ2n) is 5.02. The van der Waals surface area contributed by atoms with Crippen LogP contribution in [0.15, 0.2) is 53.0 Å². The second kappa shape index (κ2) is 4.28. The van der Waals surface area contributed by atoms with Crippen LogP contribution in [0.4, 0.5) is 0 Å². The van der Waals surface area contributed by atoms with Gasteiger partial charge in [0.05, 0.1) is 11.6 Å². The van der Waals surface area contributed by atoms with Crippen molar-refractivity contribution >= 4 is 32.5 Å². The number of halogens is 1. The molecular weight excluding hydrogens is 326 g/mol. The van der Waals surface area contributed by atoms with E-state index in [4.69, 9.17) is 0 Å². The lowest BCUT2D eigenvalue weighted by Crippen LogP contribution is -2.10. The number of fused-ring (bicyclic) bond motifs is 2. The Labute approximate surface area is 129 Å². The molecule has 4 rings (SSSR count). The SMILES string of the molecule is N#Cc1ccc2c3c(cccc13)C(=O)c1cc(Br)ccc1-2. The molecule has 21 heavy (non-hydrogen) atoms. The first-order valence-corrected chi connectivity index (χ1v) is 7.30. The maximum absolute atomic E-state index is 12.7. The lowest BCUT2D eigenvalue weighted by molar-refractivity contribution is 0.104. The van der Waals surface area contributed by atoms with Crippen molar-refractivity contribution in [3.63, 3.8) is 0 Å². The van der Waals surface area contributed by atoms with Crippen LogP contribution in [0.25, 0.3) is 21.9 Å². The number of nitriles is 1. The maximum atomic E-state index is 12.7. The average Bonchev–Trinajstić information content (AvgIpc) is 2.52. The van der Waals surface area contributed by atoms with Crippen molar-refractivity contribution in [2.75, 3.05) is 0 Å². The van der Waals surface area contributed by atoms with Crippen LogP contribution in [-0.2, 0) is 0 Å². The highest BCUT2D eigenvalue weighted by molar-refractivity contribution is 9.10. The van der Waals surface area contributed by atoms with Gasteiger partial charge in [-0.2, -0.15) is 5.26 Å². The van der Waals surface area contributed by atoms with Gasteiger partial charge in [0.2, 0.25) is 0 Å². The third-order valence-corrected chi connectivity index (χ3v) is 4.42. The summed E-state index contributed by atoms with van der Waals surface area (Å²) in [5, 5.41) is 11.0. The normalized spacial score (nSPS) is 12.1. The summed E-state index contributed by atoms with van der Waals surface area (Å²) in [5.41, 5.74) is 3.92. The molecule has 1 aliphatic carbocycles. The van der Waals surface area contributed by atoms with Gasteiger partial charge in [0.25, 0.3) is 0 Å². The van der Waals surface area contributed by atoms with E-state index >= 15 is 0 Å². The zero-order chi connectivity index (χ0) is 14.6. The Balaban J connectivity index is 2.24. The lowest BCUT2D eigenvalue weighted by atomic mass is 9.82. The second-order valence-corrected chi connectivity index (χ2v) is 5.94. The zero-order valence-corrected chi connectivity index (χ0v) is 12.4. The molecule has 0 unspecified atom stereocenters. The minimum absolute atomic E-state index is 0.0134. The number of hydrogen-bond donors (Lipinski definition) is 0. The summed E-state index contributed by atoms with van der Waals surface area (Å²) in [6, 6.07) is 17.3. The van der Waals surface area contributed by atoms with Crippen LogP contribution >= 0.6 is 15.9 Å². The van der Waals surface area contributed by atoms with Gasteiger partial charge in [0.1, 0.15) is 0 Å². The molecule has 0 aromatic heterocycles. The molecule has 0 fully saturated rings. The largest absolute Gasteiger partial charge is 0.289 e. The first-order chi connectivity index (χ1) is 10.2. The van der Waals surface area contributed by atoms with Crippen molar-refractivity contribution in [1.82, 2.24) is 0 Å². The Bertz CT molecular complexity index is 982. The third kappa shape index (κ3) is 1.60. The number of nitrogens with zero attached hydrogens (tertiary/aromatic N) is 1. The molecule has 0 saturated carbocycles. The van der Waals surface area contributed by atoms with E-state index in [1.165, 1.54) is 0 Å². The smallest absolute Gasteiger partial charge is 0.194 e. The zero-order valence-electron chi connectivity index (χ0n) is 10.9. The molecule has 0 amide bonds. The molecule has 0 heterocycles. The van der Waals surface area contributed by atoms with E-state index in [9.17, 15) is 10.1 Å². The molecule has 0 radical (unpaired) electrons. The van der Waals surface area contributed by atoms with Crippen LogP contribution in [0, 0.1) is 11.3 Å². The summed E-state index contributed by atoms with van der Waals surface area (Å²) in [7, 11) is 0. The quantitative estimate of drug-likeness (QED) is 0.468. The Kier molecular flexibility index (Phi) is 2.51. The molecule has 0 N–H and O–H groups in total. The molecule has 3 heteroatoms. The fourth-order valence-corrected chi connectivity index (χ4v) is 3.36. The third-order valence-electron chi connectivity index (χ3n) is 3.92. The molecule has 98 valence electrons. The van der Waals surface area contributed by atoms with Gasteiger partial charge in [-0.1, -0.05) is 46.3 Å². The van der Waals surface area contributed by atoms with Gasteiger partial charge in [0, 0.05) is 26.4 Å². The van der Waals surface area contributed by atoms with E-state index in [-0.39, 0.29) is 5.78 Å². The van der Waals surface area contributed by atoms with Crippen molar-refractivity contribution in [3.05, 3.63) is 69.7 Å². The van der Waals surface area contributed by atoms with Gasteiger partial charge in [-0.25, -0.2) is 0 Å². The molecule has 3 aromatic rings. The van der Waals surface area contributed by atoms with Crippen molar-refractivity contribution in [2.24, 2.45) is 0 Å². The number of hydrogen-bond acceptors (Lipinski definition) is 2. The van der Waals surface area contributed by atoms with Crippen LogP contribution < -0.4 is 0 Å². The molecule has 0 bridgehead atoms. The summed E-state index contributed by atoms with van der Waals surface area (Å²) >= 11 is 3.42. The topological polar surface area (TPSA) is 40.9 Å². The van der Waals surface area contributed by atoms with Gasteiger partial charge in [-0.15, -0.1) is 0 Å². The van der Waals surface area contributed by atoms with Gasteiger partial charge >= 0.3 is 0 Å². The Hall–Kier alpha value is -2.44. The van der Waals surface area contributed by atoms with Crippen LogP contribution in [0.2, 0.25) is 0 Å². The van der Waals surface area contributed by atoms with Crippen molar-refractivity contribution < 1.29 is 4.79 Å². The predicted octanol–water partition coefficient (Wildman–Crippen LogP) is 4.69. The van der Waals surface area contributed by atoms with Gasteiger partial charge in [0.15, 0.2) is 5.78 Å². The molecule has 0 atom stereocenters. The summed E-state index contributed by atoms with van der Waals surface area (Å²) in [6.07, 6.45) is 0. The molecule has 3 aromatic carbocycles. The molecule has 1 aliphatic rings. The Morgan fingerprint density at radius 1 is 0.905 bits per heavy atom. The molecular formula is C18H8BrNO. The van der Waals surface area contributed by atoms with E-state index in [0.717, 1.165) is 26.4 Å². The van der Waals surface area contributed by atoms with Gasteiger partial charge in [-0.3, -0.25) is 4.79 Å². The minimum Gasteiger partial charge on any atom is -0.289 e. The molecule has 2 nitrogen and oxygen atoms in total. The first kappa shape index (κ1) is 12.3. The highest BCUT2D eigenvalue weighted by atomic mass is 79.9. The number of benzene rings is 3. The highest BCUT2D eigenvalue weighted by Gasteiger charge is 2.25. The first-order valence-electron chi connectivity index (χ1n) is 6.51. The Morgan fingerprint density at radius 2 is 1.71 bits per heavy atom. The highest BCUT2D eigenvalue weighted by Crippen LogP contribution is 2.41. The molecule has 0 aliphatic heterocycles. The summed E-state index contributed by atoms with van der Waals surface area (Å²) in [6.45, 7) is 0. The van der Waals surface area contributed by atoms with Crippen LogP contribution in [-0.4, -0.2) is 5.78 Å². The van der Waals surface area contributed by atoms with Crippen LogP contribution in [0.5, 0.6) is 0 Å². The molecule has 0 saturated heterocycles. The Morgan fingerprint density at radius 3 is 2.52 bits per heavy atom. The van der Waals surface area contributed by atoms with Crippen molar-refractivity contribution in [2.45, 2.75) is 0 Å². The fourth-order valence-electron chi connectivity index (χ4n) is 3.00. The van der Waals surface area contributed by atoms with Crippen LogP contribution in [0.1, 0.15) is 21.5 Å². The van der Waals surface area contributed by atoms with E-state index in [2.05, 4.69) is 22.0 Å². The number of carbonyl (C=O) groups is 1. The van der Waals surface area contributed by atoms with Crippen molar-refractivity contribution in [1.29, 1.82) is 5.26 Å². The predicted molar refractivity (Wildman–Crippen MR) is 85.2 cm³/mol. The lowest BCUT2D eigenvalue weighted by Gasteiger charge is -2.20. The maximum Gasteiger partial charge on any atom is 0.194 e. The summed E-state index contributed by atoms with van der Waals surface area (Å²) < 4.78 is 0.888. The average molecular weight is 334 g/mol. The van der Waals surface area contributed by atoms with Crippen molar-refractivity contribution in [3.8, 4) is 17.2 Å². The van der Waals surface area contributed by atoms with Gasteiger partial charge < -0.3 is 0 Å². The van der Waals surface area contributed by atoms with E-state index < -0.39 is 0 Å². The summed E-state index contributed by atoms with van der Waals surface area (Å²) in [5.74, 6) is 0.0134. The van der Waals surface area contributed by atoms with E-state index in [1.54, 1.807) is 0 Å². The number of rotatable bonds is 0. The van der Waals surface area contributed by atoms with Crippen LogP contribution in [0.3, 0.4) is 0 Å². The minimum atomic E-state index is 0.0134. The summed E-state index contributed by atoms with van der Waals surface area (Å²) in [4.78, 5) is 12.7. The monoisotopic (exact) mass is 333 g/mol. The fraction of sp³-hybridized carbons (Fsp3) is 0.